The minimum Gasteiger partial charge on any atom is -0.379 e. The molecule has 1 amide bonds. The molecule has 0 aliphatic carbocycles. The molecule has 0 N–H and O–H groups in total. The summed E-state index contributed by atoms with van der Waals surface area (Å²) in [6, 6.07) is 9.51. The van der Waals surface area contributed by atoms with Crippen molar-refractivity contribution in [1.82, 2.24) is 5.01 Å². The predicted molar refractivity (Wildman–Crippen MR) is 57.0 cm³/mol. The van der Waals surface area contributed by atoms with E-state index in [1.54, 1.807) is 0 Å². The zero-order valence-electron chi connectivity index (χ0n) is 8.43. The van der Waals surface area contributed by atoms with E-state index in [4.69, 9.17) is 4.74 Å². The minimum absolute atomic E-state index is 0.658. The molecule has 1 fully saturated rings. The summed E-state index contributed by atoms with van der Waals surface area (Å²) in [5.74, 6) is 0. The van der Waals surface area contributed by atoms with E-state index in [2.05, 4.69) is 0 Å². The molecule has 0 saturated carbocycles. The lowest BCUT2D eigenvalue weighted by Gasteiger charge is -2.33. The van der Waals surface area contributed by atoms with Crippen LogP contribution in [0.15, 0.2) is 30.3 Å². The molecule has 2 rings (SSSR count). The number of carbonyl (C=O) groups excluding carboxylic acids is 1. The number of anilines is 1. The molecule has 1 heterocycles. The van der Waals surface area contributed by atoms with Crippen molar-refractivity contribution < 1.29 is 9.53 Å². The van der Waals surface area contributed by atoms with Gasteiger partial charge in [0.1, 0.15) is 0 Å². The Bertz CT molecular complexity index is 310. The molecule has 0 unspecified atom stereocenters. The molecule has 1 radical (unpaired) electrons. The second-order valence-corrected chi connectivity index (χ2v) is 3.30. The average Bonchev–Trinajstić information content (AvgIpc) is 2.33. The highest BCUT2D eigenvalue weighted by atomic mass is 16.5. The number of hydrogen-bond donors (Lipinski definition) is 0. The van der Waals surface area contributed by atoms with Crippen molar-refractivity contribution in [2.24, 2.45) is 0 Å². The van der Waals surface area contributed by atoms with Gasteiger partial charge in [0.25, 0.3) is 0 Å². The van der Waals surface area contributed by atoms with E-state index < -0.39 is 0 Å². The van der Waals surface area contributed by atoms with Gasteiger partial charge in [-0.15, -0.1) is 0 Å². The van der Waals surface area contributed by atoms with Gasteiger partial charge in [-0.25, -0.2) is 10.0 Å². The van der Waals surface area contributed by atoms with E-state index in [1.807, 2.05) is 41.8 Å². The van der Waals surface area contributed by atoms with Crippen molar-refractivity contribution in [2.45, 2.75) is 0 Å². The third-order valence-electron chi connectivity index (χ3n) is 2.36. The smallest absolute Gasteiger partial charge is 0.332 e. The first-order valence-corrected chi connectivity index (χ1v) is 4.97. The van der Waals surface area contributed by atoms with E-state index in [0.29, 0.717) is 13.2 Å². The number of hydrazine groups is 1. The fourth-order valence-corrected chi connectivity index (χ4v) is 1.60. The Morgan fingerprint density at radius 1 is 1.20 bits per heavy atom. The zero-order valence-corrected chi connectivity index (χ0v) is 8.43. The van der Waals surface area contributed by atoms with Crippen molar-refractivity contribution in [2.75, 3.05) is 31.3 Å². The van der Waals surface area contributed by atoms with Crippen molar-refractivity contribution >= 4 is 12.1 Å². The van der Waals surface area contributed by atoms with Crippen LogP contribution in [0.1, 0.15) is 0 Å². The van der Waals surface area contributed by atoms with Gasteiger partial charge in [-0.05, 0) is 12.1 Å². The van der Waals surface area contributed by atoms with Crippen LogP contribution in [0.5, 0.6) is 0 Å². The molecule has 1 aromatic rings. The zero-order chi connectivity index (χ0) is 10.5. The van der Waals surface area contributed by atoms with Crippen molar-refractivity contribution in [3.63, 3.8) is 0 Å². The summed E-state index contributed by atoms with van der Waals surface area (Å²) in [6.07, 6.45) is 1.94. The summed E-state index contributed by atoms with van der Waals surface area (Å²) in [5.41, 5.74) is 0.842. The first kappa shape index (κ1) is 10.1. The topological polar surface area (TPSA) is 32.8 Å². The lowest BCUT2D eigenvalue weighted by Crippen LogP contribution is -2.48. The van der Waals surface area contributed by atoms with Gasteiger partial charge in [0.2, 0.25) is 0 Å². The van der Waals surface area contributed by atoms with Gasteiger partial charge in [0.05, 0.1) is 18.9 Å². The van der Waals surface area contributed by atoms with Crippen LogP contribution in [0.3, 0.4) is 0 Å². The molecule has 0 spiro atoms. The first-order chi connectivity index (χ1) is 7.42. The lowest BCUT2D eigenvalue weighted by molar-refractivity contribution is 0.0391. The monoisotopic (exact) mass is 205 g/mol. The van der Waals surface area contributed by atoms with Crippen molar-refractivity contribution in [3.05, 3.63) is 30.3 Å². The van der Waals surface area contributed by atoms with Crippen LogP contribution in [0.2, 0.25) is 0 Å². The summed E-state index contributed by atoms with van der Waals surface area (Å²) >= 11 is 0. The molecule has 15 heavy (non-hydrogen) atoms. The molecular formula is C11H13N2O2. The van der Waals surface area contributed by atoms with Gasteiger partial charge >= 0.3 is 6.41 Å². The summed E-state index contributed by atoms with van der Waals surface area (Å²) in [6.45, 7) is 2.77. The molecule has 0 bridgehead atoms. The summed E-state index contributed by atoms with van der Waals surface area (Å²) in [7, 11) is 0. The Kier molecular flexibility index (Phi) is 3.32. The average molecular weight is 205 g/mol. The summed E-state index contributed by atoms with van der Waals surface area (Å²) in [5, 5.41) is 3.45. The lowest BCUT2D eigenvalue weighted by atomic mass is 10.3. The molecule has 0 atom stereocenters. The van der Waals surface area contributed by atoms with E-state index in [0.717, 1.165) is 18.8 Å². The number of para-hydroxylation sites is 1. The summed E-state index contributed by atoms with van der Waals surface area (Å²) in [4.78, 5) is 10.9. The fourth-order valence-electron chi connectivity index (χ4n) is 1.60. The SMILES string of the molecule is O=[C]N(c1ccccc1)N1CCOCC1. The number of benzene rings is 1. The van der Waals surface area contributed by atoms with Gasteiger partial charge in [-0.3, -0.25) is 4.79 Å². The maximum atomic E-state index is 10.9. The van der Waals surface area contributed by atoms with Crippen LogP contribution >= 0.6 is 0 Å². The number of nitrogens with zero attached hydrogens (tertiary/aromatic N) is 2. The van der Waals surface area contributed by atoms with Crippen LogP contribution in [-0.4, -0.2) is 37.7 Å². The fraction of sp³-hybridized carbons (Fsp3) is 0.364. The molecule has 4 nitrogen and oxygen atoms in total. The van der Waals surface area contributed by atoms with E-state index in [1.165, 1.54) is 5.01 Å². The van der Waals surface area contributed by atoms with Crippen LogP contribution in [-0.2, 0) is 9.53 Å². The summed E-state index contributed by atoms with van der Waals surface area (Å²) < 4.78 is 5.23. The Balaban J connectivity index is 2.12. The normalized spacial score (nSPS) is 17.3. The van der Waals surface area contributed by atoms with Crippen molar-refractivity contribution in [3.8, 4) is 0 Å². The molecule has 1 saturated heterocycles. The highest BCUT2D eigenvalue weighted by Crippen LogP contribution is 2.14. The Hall–Kier alpha value is -1.39. The van der Waals surface area contributed by atoms with Gasteiger partial charge in [0.15, 0.2) is 0 Å². The second-order valence-electron chi connectivity index (χ2n) is 3.30. The van der Waals surface area contributed by atoms with Crippen molar-refractivity contribution in [1.29, 1.82) is 0 Å². The van der Waals surface area contributed by atoms with Crippen LogP contribution in [0.4, 0.5) is 5.69 Å². The van der Waals surface area contributed by atoms with Gasteiger partial charge in [-0.2, -0.15) is 0 Å². The maximum absolute atomic E-state index is 10.9. The van der Waals surface area contributed by atoms with Gasteiger partial charge < -0.3 is 4.74 Å². The Morgan fingerprint density at radius 2 is 1.87 bits per heavy atom. The maximum Gasteiger partial charge on any atom is 0.332 e. The number of morpholine rings is 1. The van der Waals surface area contributed by atoms with Crippen LogP contribution in [0.25, 0.3) is 0 Å². The molecule has 1 aromatic carbocycles. The number of rotatable bonds is 3. The first-order valence-electron chi connectivity index (χ1n) is 4.97. The largest absolute Gasteiger partial charge is 0.379 e. The second kappa shape index (κ2) is 4.91. The molecule has 0 aromatic heterocycles. The molecule has 79 valence electrons. The van der Waals surface area contributed by atoms with Gasteiger partial charge in [0, 0.05) is 13.1 Å². The number of hydrogen-bond acceptors (Lipinski definition) is 3. The molecular weight excluding hydrogens is 192 g/mol. The Morgan fingerprint density at radius 3 is 2.47 bits per heavy atom. The third-order valence-corrected chi connectivity index (χ3v) is 2.36. The highest BCUT2D eigenvalue weighted by Gasteiger charge is 2.18. The molecule has 1 aliphatic heterocycles. The highest BCUT2D eigenvalue weighted by molar-refractivity contribution is 5.74. The quantitative estimate of drug-likeness (QED) is 0.684. The molecule has 1 aliphatic rings. The third kappa shape index (κ3) is 2.34. The van der Waals surface area contributed by atoms with E-state index in [9.17, 15) is 4.79 Å². The minimum atomic E-state index is 0.658. The standard InChI is InChI=1S/C11H13N2O2/c14-10-13(11-4-2-1-3-5-11)12-6-8-15-9-7-12/h1-5H,6-9H2. The van der Waals surface area contributed by atoms with Crippen LogP contribution < -0.4 is 5.01 Å². The van der Waals surface area contributed by atoms with E-state index >= 15 is 0 Å². The number of amides is 1. The van der Waals surface area contributed by atoms with E-state index in [-0.39, 0.29) is 0 Å². The Labute approximate surface area is 89.0 Å². The van der Waals surface area contributed by atoms with Gasteiger partial charge in [-0.1, -0.05) is 18.2 Å². The van der Waals surface area contributed by atoms with Crippen LogP contribution in [0, 0.1) is 0 Å². The molecule has 4 heteroatoms. The number of ether oxygens (including phenoxy) is 1. The predicted octanol–water partition coefficient (Wildman–Crippen LogP) is 0.807.